The number of aryl methyl sites for hydroxylation is 1. The van der Waals surface area contributed by atoms with Crippen LogP contribution < -0.4 is 14.8 Å². The van der Waals surface area contributed by atoms with Crippen molar-refractivity contribution < 1.29 is 14.3 Å². The molecule has 2 aromatic carbocycles. The van der Waals surface area contributed by atoms with Gasteiger partial charge in [-0.05, 0) is 30.5 Å². The summed E-state index contributed by atoms with van der Waals surface area (Å²) >= 11 is 0. The fourth-order valence-electron chi connectivity index (χ4n) is 2.90. The van der Waals surface area contributed by atoms with Crippen molar-refractivity contribution in [1.82, 2.24) is 15.5 Å². The maximum Gasteiger partial charge on any atom is 0.258 e. The summed E-state index contributed by atoms with van der Waals surface area (Å²) in [4.78, 5) is 12.0. The van der Waals surface area contributed by atoms with Crippen LogP contribution in [-0.4, -0.2) is 35.9 Å². The van der Waals surface area contributed by atoms with Crippen LogP contribution in [0, 0.1) is 6.92 Å². The monoisotopic (exact) mass is 405 g/mol. The molecule has 3 rings (SSSR count). The van der Waals surface area contributed by atoms with Crippen LogP contribution in [0.5, 0.6) is 11.6 Å². The van der Waals surface area contributed by atoms with Gasteiger partial charge >= 0.3 is 0 Å². The van der Waals surface area contributed by atoms with E-state index < -0.39 is 0 Å². The van der Waals surface area contributed by atoms with Gasteiger partial charge in [-0.3, -0.25) is 4.79 Å². The first-order valence-electron chi connectivity index (χ1n) is 10.0. The number of amides is 1. The largest absolute Gasteiger partial charge is 0.483 e. The van der Waals surface area contributed by atoms with Crippen molar-refractivity contribution in [2.45, 2.75) is 26.7 Å². The van der Waals surface area contributed by atoms with E-state index in [1.165, 1.54) is 5.56 Å². The number of nitrogens with one attached hydrogen (secondary N) is 1. The molecule has 1 N–H and O–H groups in total. The molecule has 1 heterocycles. The average molecular weight is 405 g/mol. The van der Waals surface area contributed by atoms with Gasteiger partial charge < -0.3 is 14.8 Å². The van der Waals surface area contributed by atoms with E-state index >= 15 is 0 Å². The summed E-state index contributed by atoms with van der Waals surface area (Å²) in [5.74, 6) is 1.29. The summed E-state index contributed by atoms with van der Waals surface area (Å²) in [7, 11) is 0. The molecule has 1 amide bonds. The maximum absolute atomic E-state index is 12.0. The van der Waals surface area contributed by atoms with Gasteiger partial charge in [0.2, 0.25) is 5.88 Å². The van der Waals surface area contributed by atoms with E-state index in [9.17, 15) is 4.79 Å². The van der Waals surface area contributed by atoms with Crippen LogP contribution in [-0.2, 0) is 4.79 Å². The Labute approximate surface area is 177 Å². The highest BCUT2D eigenvalue weighted by Crippen LogP contribution is 2.25. The van der Waals surface area contributed by atoms with Crippen LogP contribution in [0.3, 0.4) is 0 Å². The Morgan fingerprint density at radius 2 is 1.73 bits per heavy atom. The average Bonchev–Trinajstić information content (AvgIpc) is 2.76. The van der Waals surface area contributed by atoms with Gasteiger partial charge in [-0.15, -0.1) is 10.2 Å². The zero-order chi connectivity index (χ0) is 21.3. The van der Waals surface area contributed by atoms with Crippen molar-refractivity contribution in [3.8, 4) is 22.9 Å². The lowest BCUT2D eigenvalue weighted by Crippen LogP contribution is -2.32. The molecule has 30 heavy (non-hydrogen) atoms. The van der Waals surface area contributed by atoms with Gasteiger partial charge in [-0.25, -0.2) is 0 Å². The van der Waals surface area contributed by atoms with Crippen molar-refractivity contribution in [1.29, 1.82) is 0 Å². The van der Waals surface area contributed by atoms with Crippen LogP contribution in [0.15, 0.2) is 60.7 Å². The minimum atomic E-state index is -0.196. The number of hydrogen-bond donors (Lipinski definition) is 1. The minimum absolute atomic E-state index is 0.0330. The highest BCUT2D eigenvalue weighted by molar-refractivity contribution is 5.77. The second-order valence-electron chi connectivity index (χ2n) is 7.30. The third kappa shape index (κ3) is 6.04. The smallest absolute Gasteiger partial charge is 0.258 e. The summed E-state index contributed by atoms with van der Waals surface area (Å²) in [6.45, 7) is 6.85. The Morgan fingerprint density at radius 1 is 0.967 bits per heavy atom. The fourth-order valence-corrected chi connectivity index (χ4v) is 2.90. The summed E-state index contributed by atoms with van der Waals surface area (Å²) in [5.41, 5.74) is 4.07. The lowest BCUT2D eigenvalue weighted by Gasteiger charge is -2.13. The standard InChI is InChI=1S/C24H27N3O3/c1-17(2)20-6-4-5-7-22(20)30-16-23(28)25-14-15-29-24-13-12-21(26-27-24)19-10-8-18(3)9-11-19/h4-13,17H,14-16H2,1-3H3,(H,25,28). The van der Waals surface area contributed by atoms with Gasteiger partial charge in [-0.2, -0.15) is 0 Å². The number of carbonyl (C=O) groups excluding carboxylic acids is 1. The number of ether oxygens (including phenoxy) is 2. The first kappa shape index (κ1) is 21.3. The number of rotatable bonds is 9. The lowest BCUT2D eigenvalue weighted by atomic mass is 10.0. The quantitative estimate of drug-likeness (QED) is 0.542. The number of benzene rings is 2. The van der Waals surface area contributed by atoms with Crippen LogP contribution in [0.4, 0.5) is 0 Å². The molecule has 0 aliphatic carbocycles. The highest BCUT2D eigenvalue weighted by atomic mass is 16.5. The molecule has 0 aliphatic rings. The predicted molar refractivity (Wildman–Crippen MR) is 117 cm³/mol. The minimum Gasteiger partial charge on any atom is -0.483 e. The zero-order valence-corrected chi connectivity index (χ0v) is 17.6. The SMILES string of the molecule is Cc1ccc(-c2ccc(OCCNC(=O)COc3ccccc3C(C)C)nn2)cc1. The van der Waals surface area contributed by atoms with Crippen molar-refractivity contribution in [2.75, 3.05) is 19.8 Å². The Bertz CT molecular complexity index is 954. The Hall–Kier alpha value is -3.41. The normalized spacial score (nSPS) is 10.7. The van der Waals surface area contributed by atoms with E-state index in [4.69, 9.17) is 9.47 Å². The van der Waals surface area contributed by atoms with E-state index in [1.807, 2.05) is 61.5 Å². The van der Waals surface area contributed by atoms with Gasteiger partial charge in [0.15, 0.2) is 6.61 Å². The van der Waals surface area contributed by atoms with Crippen molar-refractivity contribution >= 4 is 5.91 Å². The third-order valence-electron chi connectivity index (χ3n) is 4.56. The second kappa shape index (κ2) is 10.4. The Kier molecular flexibility index (Phi) is 7.38. The van der Waals surface area contributed by atoms with E-state index in [0.29, 0.717) is 24.9 Å². The third-order valence-corrected chi connectivity index (χ3v) is 4.56. The highest BCUT2D eigenvalue weighted by Gasteiger charge is 2.09. The fraction of sp³-hybridized carbons (Fsp3) is 0.292. The van der Waals surface area contributed by atoms with E-state index in [0.717, 1.165) is 22.6 Å². The van der Waals surface area contributed by atoms with Crippen LogP contribution >= 0.6 is 0 Å². The topological polar surface area (TPSA) is 73.3 Å². The van der Waals surface area contributed by atoms with E-state index in [1.54, 1.807) is 6.07 Å². The molecular formula is C24H27N3O3. The van der Waals surface area contributed by atoms with E-state index in [2.05, 4.69) is 29.4 Å². The summed E-state index contributed by atoms with van der Waals surface area (Å²) < 4.78 is 11.2. The molecule has 0 unspecified atom stereocenters. The van der Waals surface area contributed by atoms with Crippen LogP contribution in [0.25, 0.3) is 11.3 Å². The van der Waals surface area contributed by atoms with Gasteiger partial charge in [0, 0.05) is 11.6 Å². The summed E-state index contributed by atoms with van der Waals surface area (Å²) in [6.07, 6.45) is 0. The zero-order valence-electron chi connectivity index (χ0n) is 17.6. The second-order valence-corrected chi connectivity index (χ2v) is 7.30. The number of hydrogen-bond acceptors (Lipinski definition) is 5. The molecule has 6 nitrogen and oxygen atoms in total. The van der Waals surface area contributed by atoms with E-state index in [-0.39, 0.29) is 12.5 Å². The molecule has 0 saturated heterocycles. The van der Waals surface area contributed by atoms with Gasteiger partial charge in [0.05, 0.1) is 12.2 Å². The van der Waals surface area contributed by atoms with Gasteiger partial charge in [0.1, 0.15) is 12.4 Å². The molecule has 156 valence electrons. The van der Waals surface area contributed by atoms with Crippen LogP contribution in [0.1, 0.15) is 30.9 Å². The molecule has 6 heteroatoms. The first-order chi connectivity index (χ1) is 14.5. The lowest BCUT2D eigenvalue weighted by molar-refractivity contribution is -0.123. The molecule has 0 atom stereocenters. The maximum atomic E-state index is 12.0. The molecular weight excluding hydrogens is 378 g/mol. The molecule has 3 aromatic rings. The predicted octanol–water partition coefficient (Wildman–Crippen LogP) is 4.15. The van der Waals surface area contributed by atoms with Crippen molar-refractivity contribution in [2.24, 2.45) is 0 Å². The van der Waals surface area contributed by atoms with Crippen molar-refractivity contribution in [3.63, 3.8) is 0 Å². The Balaban J connectivity index is 1.39. The first-order valence-corrected chi connectivity index (χ1v) is 10.0. The molecule has 0 fully saturated rings. The van der Waals surface area contributed by atoms with Gasteiger partial charge in [0.25, 0.3) is 5.91 Å². The molecule has 0 radical (unpaired) electrons. The van der Waals surface area contributed by atoms with Gasteiger partial charge in [-0.1, -0.05) is 61.9 Å². The number of carbonyl (C=O) groups is 1. The molecule has 1 aromatic heterocycles. The number of para-hydroxylation sites is 1. The number of aromatic nitrogens is 2. The summed E-state index contributed by atoms with van der Waals surface area (Å²) in [6, 6.07) is 19.5. The molecule has 0 saturated carbocycles. The molecule has 0 aliphatic heterocycles. The molecule has 0 spiro atoms. The Morgan fingerprint density at radius 3 is 2.43 bits per heavy atom. The van der Waals surface area contributed by atoms with Crippen LogP contribution in [0.2, 0.25) is 0 Å². The number of nitrogens with zero attached hydrogens (tertiary/aromatic N) is 2. The van der Waals surface area contributed by atoms with Crippen molar-refractivity contribution in [3.05, 3.63) is 71.8 Å². The molecule has 0 bridgehead atoms. The summed E-state index contributed by atoms with van der Waals surface area (Å²) in [5, 5.41) is 11.1.